The largest absolute Gasteiger partial charge is 0.317 e. The van der Waals surface area contributed by atoms with Crippen molar-refractivity contribution in [1.82, 2.24) is 5.32 Å². The molecule has 0 saturated carbocycles. The number of alkyl halides is 1. The fourth-order valence-corrected chi connectivity index (χ4v) is 2.75. The Hall–Kier alpha value is 0.690. The van der Waals surface area contributed by atoms with E-state index in [9.17, 15) is 0 Å². The lowest BCUT2D eigenvalue weighted by atomic mass is 10.1. The van der Waals surface area contributed by atoms with Gasteiger partial charge in [-0.05, 0) is 36.8 Å². The Morgan fingerprint density at radius 2 is 1.06 bits per heavy atom. The van der Waals surface area contributed by atoms with E-state index >= 15 is 0 Å². The molecule has 0 fully saturated rings. The van der Waals surface area contributed by atoms with Crippen LogP contribution in [0, 0.1) is 0 Å². The van der Waals surface area contributed by atoms with Crippen LogP contribution in [-0.4, -0.2) is 17.5 Å². The van der Waals surface area contributed by atoms with Crippen LogP contribution < -0.4 is 5.32 Å². The molecule has 0 amide bonds. The van der Waals surface area contributed by atoms with Crippen LogP contribution in [0.5, 0.6) is 0 Å². The van der Waals surface area contributed by atoms with Crippen LogP contribution in [0.25, 0.3) is 0 Å². The van der Waals surface area contributed by atoms with Gasteiger partial charge >= 0.3 is 0 Å². The molecule has 2 heteroatoms. The molecule has 0 aliphatic carbocycles. The van der Waals surface area contributed by atoms with Gasteiger partial charge in [0.25, 0.3) is 0 Å². The molecule has 0 atom stereocenters. The normalized spacial score (nSPS) is 11.0. The molecule has 0 aliphatic heterocycles. The average molecular weight is 367 g/mol. The zero-order valence-electron chi connectivity index (χ0n) is 12.5. The molecule has 0 aromatic carbocycles. The van der Waals surface area contributed by atoms with E-state index in [1.54, 1.807) is 0 Å². The lowest BCUT2D eigenvalue weighted by Gasteiger charge is -2.04. The summed E-state index contributed by atoms with van der Waals surface area (Å²) in [5.41, 5.74) is 0. The molecule has 0 unspecified atom stereocenters. The lowest BCUT2D eigenvalue weighted by Crippen LogP contribution is -2.16. The fourth-order valence-electron chi connectivity index (χ4n) is 2.21. The molecule has 1 nitrogen and oxygen atoms in total. The highest BCUT2D eigenvalue weighted by molar-refractivity contribution is 14.1. The first kappa shape index (κ1) is 18.7. The smallest absolute Gasteiger partial charge is 0.000426 e. The molecule has 0 heterocycles. The van der Waals surface area contributed by atoms with Crippen molar-refractivity contribution >= 4 is 22.6 Å². The maximum absolute atomic E-state index is 3.54. The molecular weight excluding hydrogens is 333 g/mol. The fraction of sp³-hybridized carbons (Fsp3) is 1.00. The predicted octanol–water partition coefficient (Wildman–Crippen LogP) is 5.71. The van der Waals surface area contributed by atoms with E-state index in [1.165, 1.54) is 94.6 Å². The molecule has 0 aromatic rings. The highest BCUT2D eigenvalue weighted by Crippen LogP contribution is 2.10. The zero-order valence-corrected chi connectivity index (χ0v) is 14.6. The number of nitrogens with one attached hydrogen (secondary N) is 1. The summed E-state index contributed by atoms with van der Waals surface area (Å²) in [4.78, 5) is 0. The molecule has 18 heavy (non-hydrogen) atoms. The molecular formula is C16H34IN. The molecule has 0 aliphatic rings. The van der Waals surface area contributed by atoms with Gasteiger partial charge in [0.05, 0.1) is 0 Å². The van der Waals surface area contributed by atoms with Crippen molar-refractivity contribution in [2.45, 2.75) is 84.0 Å². The molecule has 1 N–H and O–H groups in total. The van der Waals surface area contributed by atoms with E-state index in [-0.39, 0.29) is 0 Å². The van der Waals surface area contributed by atoms with Gasteiger partial charge < -0.3 is 5.32 Å². The Labute approximate surface area is 129 Å². The van der Waals surface area contributed by atoms with Gasteiger partial charge in [-0.25, -0.2) is 0 Å². The second-order valence-corrected chi connectivity index (χ2v) is 6.41. The number of hydrogen-bond acceptors (Lipinski definition) is 1. The van der Waals surface area contributed by atoms with Crippen molar-refractivity contribution in [3.8, 4) is 0 Å². The molecule has 110 valence electrons. The van der Waals surface area contributed by atoms with Gasteiger partial charge in [0.1, 0.15) is 0 Å². The quantitative estimate of drug-likeness (QED) is 0.222. The van der Waals surface area contributed by atoms with Gasteiger partial charge in [0, 0.05) is 0 Å². The zero-order chi connectivity index (χ0) is 13.3. The topological polar surface area (TPSA) is 12.0 Å². The van der Waals surface area contributed by atoms with Crippen molar-refractivity contribution in [1.29, 1.82) is 0 Å². The molecule has 0 saturated heterocycles. The number of rotatable bonds is 15. The van der Waals surface area contributed by atoms with Crippen molar-refractivity contribution < 1.29 is 0 Å². The molecule has 0 spiro atoms. The summed E-state index contributed by atoms with van der Waals surface area (Å²) in [6.07, 6.45) is 17.1. The van der Waals surface area contributed by atoms with Gasteiger partial charge in [-0.2, -0.15) is 0 Å². The van der Waals surface area contributed by atoms with E-state index < -0.39 is 0 Å². The first-order chi connectivity index (χ1) is 8.91. The van der Waals surface area contributed by atoms with Crippen LogP contribution in [-0.2, 0) is 0 Å². The van der Waals surface area contributed by atoms with Crippen LogP contribution in [0.1, 0.15) is 84.0 Å². The van der Waals surface area contributed by atoms with Crippen molar-refractivity contribution in [3.63, 3.8) is 0 Å². The Balaban J connectivity index is 2.86. The van der Waals surface area contributed by atoms with Crippen molar-refractivity contribution in [3.05, 3.63) is 0 Å². The monoisotopic (exact) mass is 367 g/mol. The third kappa shape index (κ3) is 16.7. The van der Waals surface area contributed by atoms with Crippen LogP contribution in [0.3, 0.4) is 0 Å². The van der Waals surface area contributed by atoms with Crippen LogP contribution in [0.4, 0.5) is 0 Å². The van der Waals surface area contributed by atoms with E-state index in [0.717, 1.165) is 0 Å². The maximum atomic E-state index is 3.54. The van der Waals surface area contributed by atoms with Gasteiger partial charge in [-0.1, -0.05) is 87.3 Å². The molecule has 0 bridgehead atoms. The summed E-state index contributed by atoms with van der Waals surface area (Å²) in [5.74, 6) is 0. The Kier molecular flexibility index (Phi) is 18.4. The maximum Gasteiger partial charge on any atom is -0.000426 e. The number of hydrogen-bond donors (Lipinski definition) is 1. The SMILES string of the molecule is CCCCCCCCCCCCNCCCCI. The van der Waals surface area contributed by atoms with E-state index in [1.807, 2.05) is 0 Å². The van der Waals surface area contributed by atoms with Crippen molar-refractivity contribution in [2.24, 2.45) is 0 Å². The molecule has 0 rings (SSSR count). The lowest BCUT2D eigenvalue weighted by molar-refractivity contribution is 0.540. The number of unbranched alkanes of at least 4 members (excludes halogenated alkanes) is 10. The second-order valence-electron chi connectivity index (χ2n) is 5.33. The van der Waals surface area contributed by atoms with Gasteiger partial charge in [-0.15, -0.1) is 0 Å². The van der Waals surface area contributed by atoms with E-state index in [4.69, 9.17) is 0 Å². The summed E-state index contributed by atoms with van der Waals surface area (Å²) >= 11 is 2.46. The summed E-state index contributed by atoms with van der Waals surface area (Å²) in [6, 6.07) is 0. The van der Waals surface area contributed by atoms with E-state index in [2.05, 4.69) is 34.8 Å². The first-order valence-electron chi connectivity index (χ1n) is 8.18. The van der Waals surface area contributed by atoms with Crippen LogP contribution in [0.2, 0.25) is 0 Å². The van der Waals surface area contributed by atoms with Crippen LogP contribution >= 0.6 is 22.6 Å². The highest BCUT2D eigenvalue weighted by atomic mass is 127. The Morgan fingerprint density at radius 3 is 1.56 bits per heavy atom. The summed E-state index contributed by atoms with van der Waals surface area (Å²) < 4.78 is 1.30. The van der Waals surface area contributed by atoms with Crippen LogP contribution in [0.15, 0.2) is 0 Å². The highest BCUT2D eigenvalue weighted by Gasteiger charge is 1.93. The second kappa shape index (κ2) is 17.7. The minimum Gasteiger partial charge on any atom is -0.317 e. The average Bonchev–Trinajstić information content (AvgIpc) is 2.39. The predicted molar refractivity (Wildman–Crippen MR) is 92.8 cm³/mol. The molecule has 0 radical (unpaired) electrons. The summed E-state index contributed by atoms with van der Waals surface area (Å²) in [5, 5.41) is 3.54. The molecule has 0 aromatic heterocycles. The minimum absolute atomic E-state index is 1.22. The third-order valence-corrected chi connectivity index (χ3v) is 4.21. The Morgan fingerprint density at radius 1 is 0.611 bits per heavy atom. The third-order valence-electron chi connectivity index (χ3n) is 3.44. The number of halogens is 1. The first-order valence-corrected chi connectivity index (χ1v) is 9.71. The van der Waals surface area contributed by atoms with E-state index in [0.29, 0.717) is 0 Å². The summed E-state index contributed by atoms with van der Waals surface area (Å²) in [6.45, 7) is 4.74. The summed E-state index contributed by atoms with van der Waals surface area (Å²) in [7, 11) is 0. The minimum atomic E-state index is 1.22. The van der Waals surface area contributed by atoms with Gasteiger partial charge in [-0.3, -0.25) is 0 Å². The van der Waals surface area contributed by atoms with Crippen molar-refractivity contribution in [2.75, 3.05) is 17.5 Å². The van der Waals surface area contributed by atoms with Gasteiger partial charge in [0.2, 0.25) is 0 Å². The Bertz CT molecular complexity index is 123. The standard InChI is InChI=1S/C16H34IN/c1-2-3-4-5-6-7-8-9-10-12-15-18-16-13-11-14-17/h18H,2-16H2,1H3. The van der Waals surface area contributed by atoms with Gasteiger partial charge in [0.15, 0.2) is 0 Å².